The molecule has 7 heteroatoms. The highest BCUT2D eigenvalue weighted by molar-refractivity contribution is 7.98. The molecule has 1 unspecified atom stereocenters. The number of H-pyrrole nitrogens is 2. The van der Waals surface area contributed by atoms with Gasteiger partial charge in [0, 0.05) is 28.5 Å². The monoisotopic (exact) mass is 355 g/mol. The highest BCUT2D eigenvalue weighted by Crippen LogP contribution is 2.42. The topological polar surface area (TPSA) is 94.8 Å². The number of ketones is 1. The lowest BCUT2D eigenvalue weighted by Gasteiger charge is -2.32. The second kappa shape index (κ2) is 6.07. The maximum atomic E-state index is 12.6. The summed E-state index contributed by atoms with van der Waals surface area (Å²) in [5.41, 5.74) is 1.71. The first-order chi connectivity index (χ1) is 12.1. The van der Waals surface area contributed by atoms with E-state index in [0.717, 1.165) is 29.0 Å². The van der Waals surface area contributed by atoms with Gasteiger partial charge in [-0.25, -0.2) is 4.79 Å². The van der Waals surface area contributed by atoms with E-state index in [2.05, 4.69) is 15.3 Å². The van der Waals surface area contributed by atoms with Gasteiger partial charge in [0.05, 0.1) is 5.56 Å². The Morgan fingerprint density at radius 1 is 1.04 bits per heavy atom. The van der Waals surface area contributed by atoms with Crippen molar-refractivity contribution < 1.29 is 4.79 Å². The Bertz CT molecular complexity index is 1000. The van der Waals surface area contributed by atoms with Crippen molar-refractivity contribution in [2.24, 2.45) is 0 Å². The van der Waals surface area contributed by atoms with Gasteiger partial charge < -0.3 is 5.32 Å². The van der Waals surface area contributed by atoms with Gasteiger partial charge in [-0.05, 0) is 36.8 Å². The van der Waals surface area contributed by atoms with Gasteiger partial charge in [0.2, 0.25) is 0 Å². The Hall–Kier alpha value is -2.54. The molecule has 1 atom stereocenters. The minimum absolute atomic E-state index is 0.0592. The highest BCUT2D eigenvalue weighted by Gasteiger charge is 2.37. The van der Waals surface area contributed by atoms with Gasteiger partial charge in [0.1, 0.15) is 5.82 Å². The highest BCUT2D eigenvalue weighted by atomic mass is 32.2. The number of carbonyl (C=O) groups excluding carboxylic acids is 1. The van der Waals surface area contributed by atoms with Crippen molar-refractivity contribution in [3.05, 3.63) is 67.5 Å². The standard InChI is InChI=1S/C18H17N3O3S/c1-25-10-7-5-9(6-8-10)13-14-11(3-2-4-12(14)22)19-16-15(13)17(23)21-18(24)20-16/h5-8,13H,2-4H2,1H3,(H3,19,20,21,23,24). The van der Waals surface area contributed by atoms with Gasteiger partial charge in [-0.2, -0.15) is 0 Å². The summed E-state index contributed by atoms with van der Waals surface area (Å²) >= 11 is 1.63. The van der Waals surface area contributed by atoms with E-state index in [1.54, 1.807) is 11.8 Å². The van der Waals surface area contributed by atoms with E-state index in [-0.39, 0.29) is 5.78 Å². The van der Waals surface area contributed by atoms with Gasteiger partial charge in [-0.15, -0.1) is 11.8 Å². The summed E-state index contributed by atoms with van der Waals surface area (Å²) in [6.07, 6.45) is 3.98. The van der Waals surface area contributed by atoms with Gasteiger partial charge in [0.15, 0.2) is 5.78 Å². The number of hydrogen-bond donors (Lipinski definition) is 3. The third kappa shape index (κ3) is 2.64. The average molecular weight is 355 g/mol. The molecule has 1 aliphatic heterocycles. The maximum absolute atomic E-state index is 12.6. The Morgan fingerprint density at radius 3 is 2.52 bits per heavy atom. The summed E-state index contributed by atoms with van der Waals surface area (Å²) in [7, 11) is 0. The minimum atomic E-state index is -0.557. The van der Waals surface area contributed by atoms with Crippen molar-refractivity contribution in [2.45, 2.75) is 30.1 Å². The lowest BCUT2D eigenvalue weighted by atomic mass is 9.76. The zero-order valence-electron chi connectivity index (χ0n) is 13.6. The van der Waals surface area contributed by atoms with E-state index in [9.17, 15) is 14.4 Å². The van der Waals surface area contributed by atoms with Crippen molar-refractivity contribution in [2.75, 3.05) is 11.6 Å². The van der Waals surface area contributed by atoms with Crippen LogP contribution in [-0.2, 0) is 4.79 Å². The van der Waals surface area contributed by atoms with Gasteiger partial charge >= 0.3 is 5.69 Å². The first-order valence-corrected chi connectivity index (χ1v) is 9.34. The van der Waals surface area contributed by atoms with Crippen LogP contribution in [0.25, 0.3) is 0 Å². The molecular formula is C18H17N3O3S. The smallest absolute Gasteiger partial charge is 0.327 e. The summed E-state index contributed by atoms with van der Waals surface area (Å²) in [6.45, 7) is 0. The van der Waals surface area contributed by atoms with Crippen LogP contribution in [-0.4, -0.2) is 22.0 Å². The number of allylic oxidation sites excluding steroid dienone is 2. The molecule has 0 saturated carbocycles. The van der Waals surface area contributed by atoms with Crippen LogP contribution in [0.4, 0.5) is 5.82 Å². The Kier molecular flexibility index (Phi) is 3.88. The van der Waals surface area contributed by atoms with E-state index >= 15 is 0 Å². The molecule has 4 rings (SSSR count). The molecule has 128 valence electrons. The summed E-state index contributed by atoms with van der Waals surface area (Å²) in [5.74, 6) is -0.0133. The average Bonchev–Trinajstić information content (AvgIpc) is 2.60. The number of benzene rings is 1. The maximum Gasteiger partial charge on any atom is 0.327 e. The van der Waals surface area contributed by atoms with Crippen LogP contribution >= 0.6 is 11.8 Å². The van der Waals surface area contributed by atoms with Crippen LogP contribution < -0.4 is 16.6 Å². The van der Waals surface area contributed by atoms with Crippen LogP contribution in [0.3, 0.4) is 0 Å². The van der Waals surface area contributed by atoms with E-state index in [0.29, 0.717) is 23.4 Å². The zero-order valence-corrected chi connectivity index (χ0v) is 14.5. The SMILES string of the molecule is CSc1ccc(C2C3=C(CCCC3=O)Nc3[nH]c(=O)[nH]c(=O)c32)cc1. The molecule has 2 aliphatic rings. The van der Waals surface area contributed by atoms with Crippen molar-refractivity contribution >= 4 is 23.4 Å². The lowest BCUT2D eigenvalue weighted by molar-refractivity contribution is -0.116. The summed E-state index contributed by atoms with van der Waals surface area (Å²) in [6, 6.07) is 7.86. The number of nitrogens with one attached hydrogen (secondary N) is 3. The molecule has 1 aromatic heterocycles. The second-order valence-corrected chi connectivity index (χ2v) is 7.08. The predicted molar refractivity (Wildman–Crippen MR) is 97.3 cm³/mol. The van der Waals surface area contributed by atoms with E-state index in [1.807, 2.05) is 30.5 Å². The number of aromatic nitrogens is 2. The Morgan fingerprint density at radius 2 is 1.80 bits per heavy atom. The van der Waals surface area contributed by atoms with Crippen molar-refractivity contribution in [1.29, 1.82) is 0 Å². The van der Waals surface area contributed by atoms with Crippen LogP contribution in [0.15, 0.2) is 50.0 Å². The molecule has 2 heterocycles. The summed E-state index contributed by atoms with van der Waals surface area (Å²) in [5, 5.41) is 3.11. The van der Waals surface area contributed by atoms with Crippen LogP contribution in [0, 0.1) is 0 Å². The fourth-order valence-corrected chi connectivity index (χ4v) is 4.03. The first-order valence-electron chi connectivity index (χ1n) is 8.12. The molecule has 0 amide bonds. The van der Waals surface area contributed by atoms with Crippen molar-refractivity contribution in [3.8, 4) is 0 Å². The molecule has 0 radical (unpaired) electrons. The van der Waals surface area contributed by atoms with Crippen molar-refractivity contribution in [1.82, 2.24) is 9.97 Å². The third-order valence-electron chi connectivity index (χ3n) is 4.74. The largest absolute Gasteiger partial charge is 0.344 e. The first kappa shape index (κ1) is 16.0. The number of thioether (sulfide) groups is 1. The number of Topliss-reactive ketones (excluding diaryl/α,β-unsaturated/α-hetero) is 1. The fourth-order valence-electron chi connectivity index (χ4n) is 3.62. The molecule has 1 aromatic carbocycles. The molecule has 0 bridgehead atoms. The predicted octanol–water partition coefficient (Wildman–Crippen LogP) is 2.35. The quantitative estimate of drug-likeness (QED) is 0.719. The molecule has 25 heavy (non-hydrogen) atoms. The number of aromatic amines is 2. The summed E-state index contributed by atoms with van der Waals surface area (Å²) in [4.78, 5) is 42.9. The molecule has 0 spiro atoms. The number of anilines is 1. The third-order valence-corrected chi connectivity index (χ3v) is 5.48. The van der Waals surface area contributed by atoms with Crippen LogP contribution in [0.5, 0.6) is 0 Å². The van der Waals surface area contributed by atoms with E-state index in [4.69, 9.17) is 0 Å². The minimum Gasteiger partial charge on any atom is -0.344 e. The van der Waals surface area contributed by atoms with Crippen LogP contribution in [0.2, 0.25) is 0 Å². The summed E-state index contributed by atoms with van der Waals surface area (Å²) < 4.78 is 0. The molecular weight excluding hydrogens is 338 g/mol. The molecule has 0 saturated heterocycles. The van der Waals surface area contributed by atoms with E-state index < -0.39 is 17.2 Å². The Balaban J connectivity index is 1.97. The fraction of sp³-hybridized carbons (Fsp3) is 0.278. The second-order valence-electron chi connectivity index (χ2n) is 6.20. The molecule has 3 N–H and O–H groups in total. The zero-order chi connectivity index (χ0) is 17.6. The van der Waals surface area contributed by atoms with Crippen LogP contribution in [0.1, 0.15) is 36.3 Å². The molecule has 6 nitrogen and oxygen atoms in total. The normalized spacial score (nSPS) is 19.2. The number of fused-ring (bicyclic) bond motifs is 1. The Labute approximate surface area is 147 Å². The van der Waals surface area contributed by atoms with E-state index in [1.165, 1.54) is 0 Å². The van der Waals surface area contributed by atoms with Gasteiger partial charge in [-0.3, -0.25) is 19.6 Å². The van der Waals surface area contributed by atoms with Gasteiger partial charge in [0.25, 0.3) is 5.56 Å². The van der Waals surface area contributed by atoms with Gasteiger partial charge in [-0.1, -0.05) is 12.1 Å². The molecule has 2 aromatic rings. The molecule has 1 aliphatic carbocycles. The number of rotatable bonds is 2. The number of carbonyl (C=O) groups is 1. The number of hydrogen-bond acceptors (Lipinski definition) is 5. The lowest BCUT2D eigenvalue weighted by Crippen LogP contribution is -2.36. The molecule has 0 fully saturated rings. The van der Waals surface area contributed by atoms with Crippen molar-refractivity contribution in [3.63, 3.8) is 0 Å².